The van der Waals surface area contributed by atoms with Crippen LogP contribution in [-0.4, -0.2) is 0 Å². The van der Waals surface area contributed by atoms with Gasteiger partial charge < -0.3 is 9.32 Å². The van der Waals surface area contributed by atoms with Gasteiger partial charge in [-0.05, 0) is 122 Å². The summed E-state index contributed by atoms with van der Waals surface area (Å²) in [6.45, 7) is 0. The van der Waals surface area contributed by atoms with E-state index < -0.39 is 0 Å². The molecule has 0 atom stereocenters. The third-order valence-corrected chi connectivity index (χ3v) is 11.7. The standard InChI is InChI=1S/C58H39NO/c1-2-11-40(12-3-1)46-15-8-16-47(37-46)42-25-31-51(32-26-42)59(53-35-29-44(30-36-53)54-20-10-21-56-55-19-6-7-22-57(55)60-58(54)56)52-33-27-43(28-34-52)48-17-9-18-49(38-48)50-24-23-41-13-4-5-14-45(41)39-50/h1-39H. The quantitative estimate of drug-likeness (QED) is 0.153. The van der Waals surface area contributed by atoms with Gasteiger partial charge >= 0.3 is 0 Å². The number of rotatable bonds is 8. The van der Waals surface area contributed by atoms with Crippen molar-refractivity contribution in [1.82, 2.24) is 0 Å². The first kappa shape index (κ1) is 35.2. The largest absolute Gasteiger partial charge is 0.455 e. The summed E-state index contributed by atoms with van der Waals surface area (Å²) in [6.07, 6.45) is 0. The van der Waals surface area contributed by atoms with Crippen LogP contribution >= 0.6 is 0 Å². The van der Waals surface area contributed by atoms with Crippen LogP contribution in [0.2, 0.25) is 0 Å². The van der Waals surface area contributed by atoms with Crippen LogP contribution in [0.4, 0.5) is 17.1 Å². The van der Waals surface area contributed by atoms with Crippen molar-refractivity contribution in [3.63, 3.8) is 0 Å². The van der Waals surface area contributed by atoms with E-state index in [2.05, 4.69) is 229 Å². The second-order valence-electron chi connectivity index (χ2n) is 15.3. The highest BCUT2D eigenvalue weighted by Gasteiger charge is 2.16. The van der Waals surface area contributed by atoms with Crippen molar-refractivity contribution in [2.24, 2.45) is 0 Å². The van der Waals surface area contributed by atoms with Gasteiger partial charge in [0.1, 0.15) is 11.2 Å². The Morgan fingerprint density at radius 3 is 1.33 bits per heavy atom. The molecule has 0 saturated heterocycles. The second kappa shape index (κ2) is 15.1. The molecule has 0 bridgehead atoms. The summed E-state index contributed by atoms with van der Waals surface area (Å²) in [5.41, 5.74) is 16.8. The Kier molecular flexibility index (Phi) is 8.87. The molecule has 0 saturated carbocycles. The van der Waals surface area contributed by atoms with Gasteiger partial charge in [0.05, 0.1) is 0 Å². The lowest BCUT2D eigenvalue weighted by molar-refractivity contribution is 0.670. The van der Waals surface area contributed by atoms with Crippen molar-refractivity contribution in [1.29, 1.82) is 0 Å². The molecule has 0 N–H and O–H groups in total. The molecule has 0 spiro atoms. The Hall–Kier alpha value is -7.94. The lowest BCUT2D eigenvalue weighted by atomic mass is 9.97. The first-order valence-electron chi connectivity index (χ1n) is 20.5. The topological polar surface area (TPSA) is 16.4 Å². The molecule has 0 aliphatic rings. The zero-order chi connectivity index (χ0) is 39.8. The van der Waals surface area contributed by atoms with Crippen molar-refractivity contribution < 1.29 is 4.42 Å². The molecule has 0 amide bonds. The first-order valence-corrected chi connectivity index (χ1v) is 20.5. The minimum atomic E-state index is 0.904. The summed E-state index contributed by atoms with van der Waals surface area (Å²) in [5, 5.41) is 4.77. The molecule has 11 rings (SSSR count). The molecule has 2 heteroatoms. The fourth-order valence-corrected chi connectivity index (χ4v) is 8.57. The summed E-state index contributed by atoms with van der Waals surface area (Å²) >= 11 is 0. The van der Waals surface area contributed by atoms with Gasteiger partial charge in [0.15, 0.2) is 0 Å². The van der Waals surface area contributed by atoms with Crippen LogP contribution in [0.3, 0.4) is 0 Å². The Morgan fingerprint density at radius 1 is 0.267 bits per heavy atom. The summed E-state index contributed by atoms with van der Waals surface area (Å²) in [5.74, 6) is 0. The van der Waals surface area contributed by atoms with E-state index in [1.54, 1.807) is 0 Å². The molecule has 1 aromatic heterocycles. The number of hydrogen-bond donors (Lipinski definition) is 0. The van der Waals surface area contributed by atoms with Crippen LogP contribution in [0.1, 0.15) is 0 Å². The Labute approximate surface area is 349 Å². The van der Waals surface area contributed by atoms with Crippen molar-refractivity contribution >= 4 is 49.8 Å². The second-order valence-corrected chi connectivity index (χ2v) is 15.3. The minimum Gasteiger partial charge on any atom is -0.455 e. The van der Waals surface area contributed by atoms with Gasteiger partial charge in [-0.1, -0.05) is 176 Å². The SMILES string of the molecule is c1ccc(-c2cccc(-c3ccc(N(c4ccc(-c5cccc(-c6ccc7ccccc7c6)c5)cc4)c4ccc(-c5cccc6c5oc5ccccc56)cc4)cc3)c2)cc1. The third-order valence-electron chi connectivity index (χ3n) is 11.7. The summed E-state index contributed by atoms with van der Waals surface area (Å²) in [6, 6.07) is 84.8. The number of anilines is 3. The average molecular weight is 766 g/mol. The Balaban J connectivity index is 0.953. The summed E-state index contributed by atoms with van der Waals surface area (Å²) < 4.78 is 6.42. The molecular weight excluding hydrogens is 727 g/mol. The maximum Gasteiger partial charge on any atom is 0.143 e. The van der Waals surface area contributed by atoms with Gasteiger partial charge in [-0.3, -0.25) is 0 Å². The van der Waals surface area contributed by atoms with Crippen molar-refractivity contribution in [2.45, 2.75) is 0 Å². The average Bonchev–Trinajstić information content (AvgIpc) is 3.72. The van der Waals surface area contributed by atoms with Crippen LogP contribution in [0, 0.1) is 0 Å². The minimum absolute atomic E-state index is 0.904. The van der Waals surface area contributed by atoms with Crippen LogP contribution in [0.15, 0.2) is 241 Å². The van der Waals surface area contributed by atoms with E-state index in [0.717, 1.165) is 50.1 Å². The fourth-order valence-electron chi connectivity index (χ4n) is 8.57. The first-order chi connectivity index (χ1) is 29.7. The van der Waals surface area contributed by atoms with Crippen molar-refractivity contribution in [2.75, 3.05) is 4.90 Å². The highest BCUT2D eigenvalue weighted by atomic mass is 16.3. The highest BCUT2D eigenvalue weighted by molar-refractivity contribution is 6.09. The lowest BCUT2D eigenvalue weighted by Crippen LogP contribution is -2.09. The molecule has 0 fully saturated rings. The molecule has 1 heterocycles. The number of nitrogens with zero attached hydrogens (tertiary/aromatic N) is 1. The van der Waals surface area contributed by atoms with Crippen molar-refractivity contribution in [3.8, 4) is 55.6 Å². The van der Waals surface area contributed by atoms with E-state index in [9.17, 15) is 0 Å². The highest BCUT2D eigenvalue weighted by Crippen LogP contribution is 2.40. The van der Waals surface area contributed by atoms with Gasteiger partial charge in [0.25, 0.3) is 0 Å². The molecular formula is C58H39NO. The number of fused-ring (bicyclic) bond motifs is 4. The molecule has 0 aliphatic heterocycles. The van der Waals surface area contributed by atoms with Crippen LogP contribution in [0.5, 0.6) is 0 Å². The van der Waals surface area contributed by atoms with Gasteiger partial charge in [-0.15, -0.1) is 0 Å². The van der Waals surface area contributed by atoms with Crippen molar-refractivity contribution in [3.05, 3.63) is 237 Å². The van der Waals surface area contributed by atoms with Gasteiger partial charge in [0.2, 0.25) is 0 Å². The fraction of sp³-hybridized carbons (Fsp3) is 0. The lowest BCUT2D eigenvalue weighted by Gasteiger charge is -2.26. The molecule has 60 heavy (non-hydrogen) atoms. The maximum absolute atomic E-state index is 6.42. The Morgan fingerprint density at radius 2 is 0.700 bits per heavy atom. The molecule has 11 aromatic rings. The molecule has 10 aromatic carbocycles. The summed E-state index contributed by atoms with van der Waals surface area (Å²) in [4.78, 5) is 2.34. The predicted octanol–water partition coefficient (Wildman–Crippen LogP) is 16.5. The summed E-state index contributed by atoms with van der Waals surface area (Å²) in [7, 11) is 0. The van der Waals surface area contributed by atoms with Crippen LogP contribution in [-0.2, 0) is 0 Å². The van der Waals surface area contributed by atoms with E-state index >= 15 is 0 Å². The van der Waals surface area contributed by atoms with Gasteiger partial charge in [-0.25, -0.2) is 0 Å². The van der Waals surface area contributed by atoms with E-state index in [0.29, 0.717) is 0 Å². The number of benzene rings is 10. The monoisotopic (exact) mass is 765 g/mol. The third kappa shape index (κ3) is 6.61. The molecule has 0 aliphatic carbocycles. The molecule has 0 radical (unpaired) electrons. The number of hydrogen-bond acceptors (Lipinski definition) is 2. The van der Waals surface area contributed by atoms with Gasteiger partial charge in [0, 0.05) is 33.4 Å². The van der Waals surface area contributed by atoms with Crippen LogP contribution in [0.25, 0.3) is 88.3 Å². The van der Waals surface area contributed by atoms with E-state index in [4.69, 9.17) is 4.42 Å². The Bertz CT molecular complexity index is 3290. The number of furan rings is 1. The van der Waals surface area contributed by atoms with E-state index in [1.165, 1.54) is 55.3 Å². The molecule has 2 nitrogen and oxygen atoms in total. The molecule has 0 unspecified atom stereocenters. The molecule has 282 valence electrons. The van der Waals surface area contributed by atoms with E-state index in [1.807, 2.05) is 12.1 Å². The smallest absolute Gasteiger partial charge is 0.143 e. The van der Waals surface area contributed by atoms with Gasteiger partial charge in [-0.2, -0.15) is 0 Å². The normalized spacial score (nSPS) is 11.3. The zero-order valence-corrected chi connectivity index (χ0v) is 32.9. The zero-order valence-electron chi connectivity index (χ0n) is 32.9. The maximum atomic E-state index is 6.42. The number of para-hydroxylation sites is 2. The van der Waals surface area contributed by atoms with Crippen LogP contribution < -0.4 is 4.90 Å². The predicted molar refractivity (Wildman–Crippen MR) is 253 cm³/mol. The van der Waals surface area contributed by atoms with E-state index in [-0.39, 0.29) is 0 Å².